The summed E-state index contributed by atoms with van der Waals surface area (Å²) in [5, 5.41) is 0. The highest BCUT2D eigenvalue weighted by atomic mass is 16.2. The summed E-state index contributed by atoms with van der Waals surface area (Å²) in [5.41, 5.74) is 9.88. The quantitative estimate of drug-likeness (QED) is 0.759. The van der Waals surface area contributed by atoms with Gasteiger partial charge in [0, 0.05) is 11.8 Å². The predicted octanol–water partition coefficient (Wildman–Crippen LogP) is 0.0731. The van der Waals surface area contributed by atoms with Crippen molar-refractivity contribution in [1.82, 2.24) is 4.68 Å². The number of hydrogen-bond donors (Lipinski definition) is 2. The smallest absolute Gasteiger partial charge is 0.270 e. The lowest BCUT2D eigenvalue weighted by atomic mass is 9.95. The third kappa shape index (κ3) is 2.85. The Morgan fingerprint density at radius 3 is 2.47 bits per heavy atom. The molecular weight excluding hydrogens is 241 g/mol. The average Bonchev–Trinajstić information content (AvgIpc) is 2.71. The second-order valence-corrected chi connectivity index (χ2v) is 4.20. The van der Waals surface area contributed by atoms with Crippen molar-refractivity contribution in [2.45, 2.75) is 6.92 Å². The summed E-state index contributed by atoms with van der Waals surface area (Å²) in [6.45, 7) is 1.80. The Morgan fingerprint density at radius 2 is 1.89 bits per heavy atom. The summed E-state index contributed by atoms with van der Waals surface area (Å²) < 4.78 is 1.32. The molecule has 0 spiro atoms. The molecule has 2 aromatic rings. The third-order valence-corrected chi connectivity index (χ3v) is 2.60. The van der Waals surface area contributed by atoms with Crippen LogP contribution < -0.4 is 16.6 Å². The van der Waals surface area contributed by atoms with Gasteiger partial charge in [-0.1, -0.05) is 17.6 Å². The van der Waals surface area contributed by atoms with Gasteiger partial charge in [0.2, 0.25) is 0 Å². The van der Waals surface area contributed by atoms with Gasteiger partial charge in [-0.3, -0.25) is 19.7 Å². The molecule has 2 rings (SSSR count). The molecule has 0 atom stereocenters. The van der Waals surface area contributed by atoms with E-state index in [2.05, 4.69) is 5.43 Å². The summed E-state index contributed by atoms with van der Waals surface area (Å²) in [4.78, 5) is 23.2. The highest BCUT2D eigenvalue weighted by molar-refractivity contribution is 6.32. The van der Waals surface area contributed by atoms with Gasteiger partial charge in [0.25, 0.3) is 11.8 Å². The maximum Gasteiger partial charge on any atom is 0.270 e. The SMILES string of the molecule is [B]c1ccc(C(=O)Nn2cc(C)cc2C(N)=O)cc1. The lowest BCUT2D eigenvalue weighted by Crippen LogP contribution is -2.27. The van der Waals surface area contributed by atoms with Gasteiger partial charge in [0.1, 0.15) is 13.5 Å². The zero-order valence-corrected chi connectivity index (χ0v) is 10.4. The van der Waals surface area contributed by atoms with Crippen LogP contribution in [0.25, 0.3) is 0 Å². The van der Waals surface area contributed by atoms with Crippen molar-refractivity contribution in [3.05, 3.63) is 53.3 Å². The van der Waals surface area contributed by atoms with Gasteiger partial charge in [0.05, 0.1) is 0 Å². The van der Waals surface area contributed by atoms with Gasteiger partial charge in [-0.15, -0.1) is 0 Å². The Kier molecular flexibility index (Phi) is 3.42. The van der Waals surface area contributed by atoms with E-state index < -0.39 is 5.91 Å². The van der Waals surface area contributed by atoms with Crippen LogP contribution in [0.5, 0.6) is 0 Å². The molecule has 3 N–H and O–H groups in total. The van der Waals surface area contributed by atoms with E-state index in [1.54, 1.807) is 43.5 Å². The molecule has 19 heavy (non-hydrogen) atoms. The highest BCUT2D eigenvalue weighted by Crippen LogP contribution is 2.06. The van der Waals surface area contributed by atoms with Crippen molar-refractivity contribution in [1.29, 1.82) is 0 Å². The van der Waals surface area contributed by atoms with Crippen LogP contribution in [0.4, 0.5) is 0 Å². The predicted molar refractivity (Wildman–Crippen MR) is 73.2 cm³/mol. The van der Waals surface area contributed by atoms with Gasteiger partial charge in [-0.2, -0.15) is 0 Å². The molecule has 0 unspecified atom stereocenters. The van der Waals surface area contributed by atoms with Crippen LogP contribution in [0.3, 0.4) is 0 Å². The summed E-state index contributed by atoms with van der Waals surface area (Å²) in [6, 6.07) is 8.07. The number of primary amides is 1. The largest absolute Gasteiger partial charge is 0.364 e. The fourth-order valence-electron chi connectivity index (χ4n) is 1.69. The van der Waals surface area contributed by atoms with Gasteiger partial charge >= 0.3 is 0 Å². The molecule has 0 saturated carbocycles. The maximum atomic E-state index is 12.0. The zero-order valence-electron chi connectivity index (χ0n) is 10.4. The van der Waals surface area contributed by atoms with Crippen LogP contribution in [-0.2, 0) is 0 Å². The number of rotatable bonds is 3. The molecule has 0 fully saturated rings. The minimum absolute atomic E-state index is 0.223. The van der Waals surface area contributed by atoms with Crippen molar-refractivity contribution >= 4 is 25.1 Å². The number of amides is 2. The number of aryl methyl sites for hydroxylation is 1. The molecular formula is C13H12BN3O2. The number of nitrogens with two attached hydrogens (primary N) is 1. The van der Waals surface area contributed by atoms with Crippen molar-refractivity contribution in [3.63, 3.8) is 0 Å². The lowest BCUT2D eigenvalue weighted by Gasteiger charge is -2.09. The van der Waals surface area contributed by atoms with Crippen LogP contribution in [0.15, 0.2) is 36.5 Å². The molecule has 1 aromatic carbocycles. The Labute approximate surface area is 111 Å². The summed E-state index contributed by atoms with van der Waals surface area (Å²) >= 11 is 0. The fraction of sp³-hybridized carbons (Fsp3) is 0.0769. The maximum absolute atomic E-state index is 12.0. The molecule has 0 aliphatic heterocycles. The van der Waals surface area contributed by atoms with Crippen LogP contribution in [0.2, 0.25) is 0 Å². The van der Waals surface area contributed by atoms with E-state index in [0.29, 0.717) is 11.0 Å². The van der Waals surface area contributed by atoms with E-state index >= 15 is 0 Å². The number of aromatic nitrogens is 1. The third-order valence-electron chi connectivity index (χ3n) is 2.60. The molecule has 1 heterocycles. The molecule has 94 valence electrons. The van der Waals surface area contributed by atoms with E-state index in [-0.39, 0.29) is 11.6 Å². The van der Waals surface area contributed by atoms with E-state index in [1.807, 2.05) is 0 Å². The van der Waals surface area contributed by atoms with Crippen LogP contribution in [-0.4, -0.2) is 24.3 Å². The van der Waals surface area contributed by atoms with E-state index in [1.165, 1.54) is 4.68 Å². The van der Waals surface area contributed by atoms with Gasteiger partial charge < -0.3 is 5.73 Å². The molecule has 6 heteroatoms. The molecule has 2 amide bonds. The average molecular weight is 253 g/mol. The first kappa shape index (κ1) is 12.9. The summed E-state index contributed by atoms with van der Waals surface area (Å²) in [7, 11) is 5.55. The first-order valence-electron chi connectivity index (χ1n) is 5.63. The number of benzene rings is 1. The number of nitrogens with one attached hydrogen (secondary N) is 1. The van der Waals surface area contributed by atoms with Gasteiger partial charge in [0.15, 0.2) is 0 Å². The second-order valence-electron chi connectivity index (χ2n) is 4.20. The minimum Gasteiger partial charge on any atom is -0.364 e. The van der Waals surface area contributed by atoms with Crippen molar-refractivity contribution in [3.8, 4) is 0 Å². The van der Waals surface area contributed by atoms with E-state index in [0.717, 1.165) is 5.56 Å². The Balaban J connectivity index is 2.24. The number of hydrogen-bond acceptors (Lipinski definition) is 2. The lowest BCUT2D eigenvalue weighted by molar-refractivity contribution is 0.0988. The summed E-state index contributed by atoms with van der Waals surface area (Å²) in [6.07, 6.45) is 1.62. The minimum atomic E-state index is -0.606. The monoisotopic (exact) mass is 253 g/mol. The van der Waals surface area contributed by atoms with Gasteiger partial charge in [-0.05, 0) is 30.7 Å². The Bertz CT molecular complexity index is 632. The van der Waals surface area contributed by atoms with E-state index in [4.69, 9.17) is 13.6 Å². The Morgan fingerprint density at radius 1 is 1.26 bits per heavy atom. The molecule has 2 radical (unpaired) electrons. The fourth-order valence-corrected chi connectivity index (χ4v) is 1.69. The second kappa shape index (κ2) is 5.01. The first-order chi connectivity index (χ1) is 8.97. The zero-order chi connectivity index (χ0) is 14.0. The molecule has 0 bridgehead atoms. The molecule has 5 nitrogen and oxygen atoms in total. The highest BCUT2D eigenvalue weighted by Gasteiger charge is 2.12. The first-order valence-corrected chi connectivity index (χ1v) is 5.63. The molecule has 0 aliphatic rings. The van der Waals surface area contributed by atoms with E-state index in [9.17, 15) is 9.59 Å². The Hall–Kier alpha value is -2.50. The number of carbonyl (C=O) groups is 2. The normalized spacial score (nSPS) is 10.2. The summed E-state index contributed by atoms with van der Waals surface area (Å²) in [5.74, 6) is -0.955. The van der Waals surface area contributed by atoms with Crippen LogP contribution in [0, 0.1) is 6.92 Å². The topological polar surface area (TPSA) is 77.1 Å². The van der Waals surface area contributed by atoms with Crippen molar-refractivity contribution in [2.24, 2.45) is 5.73 Å². The number of carbonyl (C=O) groups excluding carboxylic acids is 2. The van der Waals surface area contributed by atoms with Gasteiger partial charge in [-0.25, -0.2) is 0 Å². The standard InChI is InChI=1S/C13H12BN3O2/c1-8-6-11(12(15)18)17(7-8)16-13(19)9-2-4-10(14)5-3-9/h2-7H,1H3,(H2,15,18)(H,16,19). The molecule has 0 aliphatic carbocycles. The van der Waals surface area contributed by atoms with Crippen molar-refractivity contribution < 1.29 is 9.59 Å². The molecule has 0 saturated heterocycles. The van der Waals surface area contributed by atoms with Crippen molar-refractivity contribution in [2.75, 3.05) is 5.43 Å². The molecule has 1 aromatic heterocycles. The van der Waals surface area contributed by atoms with Crippen LogP contribution >= 0.6 is 0 Å². The number of nitrogens with zero attached hydrogens (tertiary/aromatic N) is 1. The van der Waals surface area contributed by atoms with Crippen LogP contribution in [0.1, 0.15) is 26.4 Å².